The van der Waals surface area contributed by atoms with Gasteiger partial charge in [0.2, 0.25) is 0 Å². The molecule has 0 aromatic rings. The van der Waals surface area contributed by atoms with Gasteiger partial charge >= 0.3 is 48.1 Å². The van der Waals surface area contributed by atoms with E-state index in [1.54, 1.807) is 0 Å². The predicted octanol–water partition coefficient (Wildman–Crippen LogP) is -3.91. The van der Waals surface area contributed by atoms with E-state index in [2.05, 4.69) is 4.18 Å². The van der Waals surface area contributed by atoms with Crippen LogP contribution in [0.25, 0.3) is 0 Å². The summed E-state index contributed by atoms with van der Waals surface area (Å²) in [6.07, 6.45) is -7.39. The summed E-state index contributed by atoms with van der Waals surface area (Å²) in [5.41, 5.74) is 0. The van der Waals surface area contributed by atoms with Crippen molar-refractivity contribution in [2.24, 2.45) is 0 Å². The van der Waals surface area contributed by atoms with Gasteiger partial charge in [0.05, 0.1) is 13.2 Å². The molecular formula is C6H16CaO9S. The molecule has 0 unspecified atom stereocenters. The smallest absolute Gasteiger partial charge is 1.00 e. The molecule has 9 nitrogen and oxygen atoms in total. The molecule has 0 amide bonds. The average molecular weight is 304 g/mol. The van der Waals surface area contributed by atoms with E-state index in [-0.39, 0.29) is 40.6 Å². The summed E-state index contributed by atoms with van der Waals surface area (Å²) in [4.78, 5) is 0. The van der Waals surface area contributed by atoms with Crippen LogP contribution < -0.4 is 0 Å². The van der Waals surface area contributed by atoms with Gasteiger partial charge in [-0.05, 0) is 0 Å². The van der Waals surface area contributed by atoms with Crippen molar-refractivity contribution < 1.29 is 45.5 Å². The minimum absolute atomic E-state index is 0. The molecule has 0 aromatic carbocycles. The summed E-state index contributed by atoms with van der Waals surface area (Å²) in [7, 11) is -4.77. The molecule has 0 aliphatic rings. The first kappa shape index (κ1) is 20.3. The number of aliphatic hydroxyl groups excluding tert-OH is 5. The molecule has 0 fully saturated rings. The molecule has 0 heterocycles. The topological polar surface area (TPSA) is 165 Å². The van der Waals surface area contributed by atoms with Crippen molar-refractivity contribution in [3.63, 3.8) is 0 Å². The monoisotopic (exact) mass is 304 g/mol. The van der Waals surface area contributed by atoms with Crippen LogP contribution in [0, 0.1) is 0 Å². The third-order valence-corrected chi connectivity index (χ3v) is 2.15. The van der Waals surface area contributed by atoms with Crippen molar-refractivity contribution >= 4 is 48.1 Å². The summed E-state index contributed by atoms with van der Waals surface area (Å²) >= 11 is 0. The molecule has 0 saturated heterocycles. The molecule has 0 saturated carbocycles. The zero-order chi connectivity index (χ0) is 12.9. The molecular weight excluding hydrogens is 288 g/mol. The van der Waals surface area contributed by atoms with Crippen molar-refractivity contribution in [2.75, 3.05) is 13.2 Å². The van der Waals surface area contributed by atoms with Gasteiger partial charge in [0.25, 0.3) is 0 Å². The van der Waals surface area contributed by atoms with Crippen LogP contribution in [0.15, 0.2) is 0 Å². The maximum Gasteiger partial charge on any atom is 2.00 e. The van der Waals surface area contributed by atoms with Crippen LogP contribution in [0.1, 0.15) is 2.85 Å². The van der Waals surface area contributed by atoms with Gasteiger partial charge in [0, 0.05) is 0 Å². The summed E-state index contributed by atoms with van der Waals surface area (Å²) < 4.78 is 32.1. The fourth-order valence-electron chi connectivity index (χ4n) is 0.817. The molecule has 102 valence electrons. The second-order valence-electron chi connectivity index (χ2n) is 3.01. The SMILES string of the molecule is O=S(=O)(O)OC[C@@H](O)[C@@H](O)[C@H](O)[C@H](O)CO.[Ca+2].[H-].[H-]. The van der Waals surface area contributed by atoms with E-state index < -0.39 is 48.0 Å². The summed E-state index contributed by atoms with van der Waals surface area (Å²) in [5, 5.41) is 44.7. The van der Waals surface area contributed by atoms with Gasteiger partial charge in [0.15, 0.2) is 0 Å². The predicted molar refractivity (Wildman–Crippen MR) is 56.6 cm³/mol. The first-order valence-corrected chi connectivity index (χ1v) is 5.50. The normalized spacial score (nSPS) is 18.9. The van der Waals surface area contributed by atoms with Crippen LogP contribution in [0.5, 0.6) is 0 Å². The molecule has 0 rings (SSSR count). The summed E-state index contributed by atoms with van der Waals surface area (Å²) in [6, 6.07) is 0. The van der Waals surface area contributed by atoms with E-state index in [1.165, 1.54) is 0 Å². The summed E-state index contributed by atoms with van der Waals surface area (Å²) in [6.45, 7) is -1.86. The minimum atomic E-state index is -4.77. The van der Waals surface area contributed by atoms with Gasteiger partial charge in [-0.2, -0.15) is 8.42 Å². The van der Waals surface area contributed by atoms with Gasteiger partial charge in [-0.15, -0.1) is 0 Å². The average Bonchev–Trinajstić information content (AvgIpc) is 2.21. The Morgan fingerprint density at radius 3 is 1.82 bits per heavy atom. The largest absolute Gasteiger partial charge is 2.00 e. The Hall–Kier alpha value is 0.930. The Labute approximate surface area is 131 Å². The fourth-order valence-corrected chi connectivity index (χ4v) is 1.13. The van der Waals surface area contributed by atoms with Crippen LogP contribution in [0.4, 0.5) is 0 Å². The number of rotatable bonds is 7. The molecule has 0 aliphatic heterocycles. The standard InChI is InChI=1S/C6H14O9S.Ca.2H/c7-1-3(8)5(10)6(11)4(9)2-15-16(12,13)14;;;/h3-11H,1-2H2,(H,12,13,14);;;/q;+2;2*-1/t3-,4-,5-,6-;;;/m1.../s1. The Bertz CT molecular complexity index is 303. The van der Waals surface area contributed by atoms with E-state index in [9.17, 15) is 8.42 Å². The van der Waals surface area contributed by atoms with Crippen molar-refractivity contribution in [1.82, 2.24) is 0 Å². The molecule has 17 heavy (non-hydrogen) atoms. The van der Waals surface area contributed by atoms with Crippen LogP contribution >= 0.6 is 0 Å². The van der Waals surface area contributed by atoms with Crippen LogP contribution in [0.2, 0.25) is 0 Å². The maximum atomic E-state index is 10.1. The van der Waals surface area contributed by atoms with E-state index >= 15 is 0 Å². The van der Waals surface area contributed by atoms with E-state index in [1.807, 2.05) is 0 Å². The Kier molecular flexibility index (Phi) is 10.6. The first-order valence-electron chi connectivity index (χ1n) is 4.14. The molecule has 11 heteroatoms. The number of hydrogen-bond donors (Lipinski definition) is 6. The van der Waals surface area contributed by atoms with Crippen molar-refractivity contribution in [3.05, 3.63) is 0 Å². The Balaban J connectivity index is -0.000000375. The third kappa shape index (κ3) is 8.61. The van der Waals surface area contributed by atoms with Crippen molar-refractivity contribution in [3.8, 4) is 0 Å². The van der Waals surface area contributed by atoms with Gasteiger partial charge in [-0.3, -0.25) is 4.55 Å². The molecule has 0 aliphatic carbocycles. The molecule has 0 bridgehead atoms. The van der Waals surface area contributed by atoms with Gasteiger partial charge in [-0.1, -0.05) is 0 Å². The second-order valence-corrected chi connectivity index (χ2v) is 4.10. The molecule has 0 spiro atoms. The van der Waals surface area contributed by atoms with Crippen molar-refractivity contribution in [1.29, 1.82) is 0 Å². The molecule has 0 aromatic heterocycles. The quantitative estimate of drug-likeness (QED) is 0.203. The van der Waals surface area contributed by atoms with Crippen LogP contribution in [-0.4, -0.2) is 114 Å². The van der Waals surface area contributed by atoms with Gasteiger partial charge in [-0.25, -0.2) is 4.18 Å². The van der Waals surface area contributed by atoms with Crippen molar-refractivity contribution in [2.45, 2.75) is 24.4 Å². The van der Waals surface area contributed by atoms with Gasteiger partial charge in [0.1, 0.15) is 24.4 Å². The minimum Gasteiger partial charge on any atom is -1.00 e. The van der Waals surface area contributed by atoms with E-state index in [0.29, 0.717) is 0 Å². The second kappa shape index (κ2) is 8.93. The zero-order valence-electron chi connectivity index (χ0n) is 10.7. The van der Waals surface area contributed by atoms with E-state index in [0.717, 1.165) is 0 Å². The number of aliphatic hydroxyl groups is 5. The van der Waals surface area contributed by atoms with Crippen LogP contribution in [0.3, 0.4) is 0 Å². The van der Waals surface area contributed by atoms with Crippen LogP contribution in [-0.2, 0) is 14.6 Å². The Morgan fingerprint density at radius 2 is 1.47 bits per heavy atom. The zero-order valence-corrected chi connectivity index (χ0v) is 11.8. The first-order chi connectivity index (χ1) is 7.19. The molecule has 0 radical (unpaired) electrons. The van der Waals surface area contributed by atoms with Gasteiger partial charge < -0.3 is 28.4 Å². The molecule has 6 N–H and O–H groups in total. The fraction of sp³-hybridized carbons (Fsp3) is 1.00. The number of hydrogen-bond acceptors (Lipinski definition) is 8. The van der Waals surface area contributed by atoms with E-state index in [4.69, 9.17) is 30.1 Å². The third-order valence-electron chi connectivity index (χ3n) is 1.71. The Morgan fingerprint density at radius 1 is 1.06 bits per heavy atom. The maximum absolute atomic E-state index is 10.1. The molecule has 4 atom stereocenters. The summed E-state index contributed by atoms with van der Waals surface area (Å²) in [5.74, 6) is 0.